The van der Waals surface area contributed by atoms with Crippen molar-refractivity contribution in [3.8, 4) is 17.1 Å². The molecule has 0 radical (unpaired) electrons. The first-order valence-corrected chi connectivity index (χ1v) is 10.1. The number of hydrogen-bond donors (Lipinski definition) is 1. The molecule has 1 amide bonds. The highest BCUT2D eigenvalue weighted by atomic mass is 32.2. The average Bonchev–Trinajstić information content (AvgIpc) is 3.16. The molecule has 0 fully saturated rings. The smallest absolute Gasteiger partial charge is 0.434 e. The molecule has 0 aliphatic heterocycles. The first-order valence-electron chi connectivity index (χ1n) is 8.91. The van der Waals surface area contributed by atoms with Gasteiger partial charge in [0.2, 0.25) is 11.7 Å². The third kappa shape index (κ3) is 5.12. The van der Waals surface area contributed by atoms with Gasteiger partial charge in [-0.05, 0) is 61.2 Å². The maximum absolute atomic E-state index is 11.8. The molecule has 1 heterocycles. The zero-order valence-corrected chi connectivity index (χ0v) is 17.7. The first kappa shape index (κ1) is 21.3. The number of phenolic OH excluding ortho intramolecular Hbond substituents is 1. The fourth-order valence-electron chi connectivity index (χ4n) is 2.69. The van der Waals surface area contributed by atoms with Crippen LogP contribution < -0.4 is 0 Å². The van der Waals surface area contributed by atoms with Gasteiger partial charge in [0.15, 0.2) is 0 Å². The predicted octanol–water partition coefficient (Wildman–Crippen LogP) is 4.71. The fraction of sp³-hybridized carbons (Fsp3) is 0.190. The number of carbonyl (C=O) groups excluding carboxylic acids is 1. The molecule has 8 nitrogen and oxygen atoms in total. The number of phenols is 1. The van der Waals surface area contributed by atoms with Crippen LogP contribution in [0.25, 0.3) is 11.4 Å². The summed E-state index contributed by atoms with van der Waals surface area (Å²) >= 11 is 1.25. The number of hydrogen-bond acceptors (Lipinski definition) is 8. The second-order valence-corrected chi connectivity index (χ2v) is 7.09. The monoisotopic (exact) mass is 424 g/mol. The zero-order valence-electron chi connectivity index (χ0n) is 16.9. The Morgan fingerprint density at radius 2 is 1.90 bits per heavy atom. The van der Waals surface area contributed by atoms with E-state index >= 15 is 0 Å². The summed E-state index contributed by atoms with van der Waals surface area (Å²) < 4.78 is 9.68. The van der Waals surface area contributed by atoms with Crippen LogP contribution in [0.4, 0.5) is 10.5 Å². The largest absolute Gasteiger partial charge is 0.508 e. The summed E-state index contributed by atoms with van der Waals surface area (Å²) in [5.41, 5.74) is 3.33. The van der Waals surface area contributed by atoms with Crippen LogP contribution in [0.2, 0.25) is 0 Å². The van der Waals surface area contributed by atoms with Gasteiger partial charge in [-0.2, -0.15) is 9.98 Å². The van der Waals surface area contributed by atoms with Crippen molar-refractivity contribution < 1.29 is 19.2 Å². The Bertz CT molecular complexity index is 1100. The van der Waals surface area contributed by atoms with Crippen LogP contribution in [0, 0.1) is 13.8 Å². The lowest BCUT2D eigenvalue weighted by molar-refractivity contribution is 0.183. The van der Waals surface area contributed by atoms with Crippen molar-refractivity contribution in [2.24, 2.45) is 9.98 Å². The maximum atomic E-state index is 11.8. The van der Waals surface area contributed by atoms with Crippen molar-refractivity contribution >= 4 is 34.3 Å². The number of methoxy groups -OCH3 is 1. The van der Waals surface area contributed by atoms with E-state index in [2.05, 4.69) is 19.9 Å². The normalized spacial score (nSPS) is 12.1. The van der Waals surface area contributed by atoms with Crippen molar-refractivity contribution in [3.63, 3.8) is 0 Å². The van der Waals surface area contributed by atoms with Crippen LogP contribution in [0.15, 0.2) is 57.0 Å². The molecule has 3 aromatic rings. The molecule has 0 atom stereocenters. The number of nitrogens with zero attached hydrogens (tertiary/aromatic N) is 4. The molecule has 0 bridgehead atoms. The van der Waals surface area contributed by atoms with Gasteiger partial charge >= 0.3 is 6.09 Å². The molecule has 0 unspecified atom stereocenters. The van der Waals surface area contributed by atoms with E-state index in [1.54, 1.807) is 37.4 Å². The van der Waals surface area contributed by atoms with Crippen molar-refractivity contribution in [3.05, 3.63) is 59.5 Å². The van der Waals surface area contributed by atoms with Crippen molar-refractivity contribution in [2.45, 2.75) is 13.8 Å². The average molecular weight is 424 g/mol. The van der Waals surface area contributed by atoms with E-state index < -0.39 is 6.09 Å². The highest BCUT2D eigenvalue weighted by molar-refractivity contribution is 8.15. The maximum Gasteiger partial charge on any atom is 0.434 e. The minimum atomic E-state index is -0.730. The van der Waals surface area contributed by atoms with Gasteiger partial charge in [-0.3, -0.25) is 0 Å². The summed E-state index contributed by atoms with van der Waals surface area (Å²) in [6.45, 7) is 3.59. The summed E-state index contributed by atoms with van der Waals surface area (Å²) in [4.78, 5) is 24.6. The molecule has 1 N–H and O–H groups in total. The fourth-order valence-corrected chi connectivity index (χ4v) is 3.21. The van der Waals surface area contributed by atoms with E-state index in [0.29, 0.717) is 33.7 Å². The molecular formula is C21H20N4O4S. The minimum absolute atomic E-state index is 0.0963. The van der Waals surface area contributed by atoms with Gasteiger partial charge < -0.3 is 14.4 Å². The van der Waals surface area contributed by atoms with E-state index in [1.807, 2.05) is 25.1 Å². The molecule has 0 saturated heterocycles. The Balaban J connectivity index is 2.07. The number of carbonyl (C=O) groups is 1. The van der Waals surface area contributed by atoms with E-state index in [1.165, 1.54) is 18.9 Å². The van der Waals surface area contributed by atoms with Crippen LogP contribution in [0.1, 0.15) is 17.0 Å². The summed E-state index contributed by atoms with van der Waals surface area (Å²) in [5, 5.41) is 14.3. The molecule has 0 saturated carbocycles. The van der Waals surface area contributed by atoms with E-state index in [9.17, 15) is 9.90 Å². The first-order chi connectivity index (χ1) is 14.4. The number of thioether (sulfide) groups is 1. The Kier molecular flexibility index (Phi) is 6.63. The molecule has 154 valence electrons. The third-order valence-electron chi connectivity index (χ3n) is 3.99. The second-order valence-electron chi connectivity index (χ2n) is 6.29. The molecule has 0 spiro atoms. The summed E-state index contributed by atoms with van der Waals surface area (Å²) in [7, 11) is 1.26. The summed E-state index contributed by atoms with van der Waals surface area (Å²) in [6, 6.07) is 12.3. The number of aromatic nitrogens is 2. The quantitative estimate of drug-likeness (QED) is 0.477. The lowest BCUT2D eigenvalue weighted by atomic mass is 10.1. The molecule has 9 heteroatoms. The lowest BCUT2D eigenvalue weighted by Crippen LogP contribution is -2.14. The number of amides is 1. The summed E-state index contributed by atoms with van der Waals surface area (Å²) in [5.74, 6) is 1.07. The molecule has 30 heavy (non-hydrogen) atoms. The van der Waals surface area contributed by atoms with Gasteiger partial charge in [0.1, 0.15) is 16.5 Å². The Morgan fingerprint density at radius 3 is 2.47 bits per heavy atom. The number of benzene rings is 2. The van der Waals surface area contributed by atoms with Crippen LogP contribution in [-0.2, 0) is 4.74 Å². The molecule has 3 rings (SSSR count). The van der Waals surface area contributed by atoms with Crippen LogP contribution in [0.5, 0.6) is 5.75 Å². The molecular weight excluding hydrogens is 404 g/mol. The van der Waals surface area contributed by atoms with Crippen LogP contribution in [-0.4, -0.2) is 45.5 Å². The lowest BCUT2D eigenvalue weighted by Gasteiger charge is -2.10. The van der Waals surface area contributed by atoms with Crippen molar-refractivity contribution in [2.75, 3.05) is 13.4 Å². The molecule has 2 aromatic carbocycles. The number of aryl methyl sites for hydroxylation is 2. The van der Waals surface area contributed by atoms with E-state index in [0.717, 1.165) is 11.1 Å². The molecule has 0 aliphatic rings. The predicted molar refractivity (Wildman–Crippen MR) is 117 cm³/mol. The SMILES string of the molecule is COC(=O)/N=C(SC)/C(=N\c1ccc(-c2noc(C)n2)cc1)c1cc(C)cc(O)c1. The van der Waals surface area contributed by atoms with Gasteiger partial charge in [0.05, 0.1) is 12.8 Å². The van der Waals surface area contributed by atoms with Gasteiger partial charge in [-0.1, -0.05) is 5.16 Å². The van der Waals surface area contributed by atoms with Crippen LogP contribution in [0.3, 0.4) is 0 Å². The van der Waals surface area contributed by atoms with Crippen LogP contribution >= 0.6 is 11.8 Å². The Hall–Kier alpha value is -3.46. The van der Waals surface area contributed by atoms with Gasteiger partial charge in [0, 0.05) is 18.1 Å². The van der Waals surface area contributed by atoms with Gasteiger partial charge in [-0.25, -0.2) is 9.79 Å². The molecule has 0 aliphatic carbocycles. The van der Waals surface area contributed by atoms with E-state index in [4.69, 9.17) is 9.52 Å². The van der Waals surface area contributed by atoms with Crippen molar-refractivity contribution in [1.82, 2.24) is 10.1 Å². The highest BCUT2D eigenvalue weighted by Crippen LogP contribution is 2.24. The number of ether oxygens (including phenoxy) is 1. The topological polar surface area (TPSA) is 110 Å². The highest BCUT2D eigenvalue weighted by Gasteiger charge is 2.16. The number of rotatable bonds is 4. The second kappa shape index (κ2) is 9.36. The number of aliphatic imine (C=N–C) groups is 2. The van der Waals surface area contributed by atoms with E-state index in [-0.39, 0.29) is 5.75 Å². The molecule has 1 aromatic heterocycles. The summed E-state index contributed by atoms with van der Waals surface area (Å²) in [6.07, 6.45) is 1.06. The Morgan fingerprint density at radius 1 is 1.17 bits per heavy atom. The standard InChI is InChI=1S/C21H20N4O4S/c1-12-9-15(11-17(26)10-12)18(20(30-4)24-21(27)28-3)23-16-7-5-14(6-8-16)19-22-13(2)29-25-19/h5-11,26H,1-4H3/b23-18-,24-20-. The number of aromatic hydroxyl groups is 1. The van der Waals surface area contributed by atoms with Gasteiger partial charge in [0.25, 0.3) is 0 Å². The Labute approximate surface area is 177 Å². The third-order valence-corrected chi connectivity index (χ3v) is 4.66. The zero-order chi connectivity index (χ0) is 21.7. The van der Waals surface area contributed by atoms with Gasteiger partial charge in [-0.15, -0.1) is 11.8 Å². The van der Waals surface area contributed by atoms with Crippen molar-refractivity contribution in [1.29, 1.82) is 0 Å². The minimum Gasteiger partial charge on any atom is -0.508 e.